The number of carbonyl (C=O) groups excluding carboxylic acids is 1. The van der Waals surface area contributed by atoms with Gasteiger partial charge in [-0.3, -0.25) is 4.79 Å². The van der Waals surface area contributed by atoms with Gasteiger partial charge in [-0.25, -0.2) is 0 Å². The number of benzene rings is 1. The highest BCUT2D eigenvalue weighted by atomic mass is 16.5. The van der Waals surface area contributed by atoms with Crippen molar-refractivity contribution in [3.63, 3.8) is 0 Å². The highest BCUT2D eigenvalue weighted by Gasteiger charge is 2.42. The minimum Gasteiger partial charge on any atom is -0.477 e. The van der Waals surface area contributed by atoms with E-state index in [0.717, 1.165) is 18.5 Å². The molecule has 1 aliphatic carbocycles. The summed E-state index contributed by atoms with van der Waals surface area (Å²) in [7, 11) is 0. The van der Waals surface area contributed by atoms with Crippen LogP contribution in [0.3, 0.4) is 0 Å². The van der Waals surface area contributed by atoms with E-state index in [1.54, 1.807) is 0 Å². The normalized spacial score (nSPS) is 22.7. The molecule has 19 heavy (non-hydrogen) atoms. The van der Waals surface area contributed by atoms with Crippen molar-refractivity contribution in [3.05, 3.63) is 24.3 Å². The Kier molecular flexibility index (Phi) is 3.06. The number of carbonyl (C=O) groups is 1. The first-order valence-corrected chi connectivity index (χ1v) is 6.61. The van der Waals surface area contributed by atoms with Gasteiger partial charge in [0, 0.05) is 12.0 Å². The third kappa shape index (κ3) is 2.51. The van der Waals surface area contributed by atoms with E-state index in [1.807, 2.05) is 24.3 Å². The van der Waals surface area contributed by atoms with Crippen LogP contribution in [-0.2, 0) is 4.79 Å². The molecule has 1 heterocycles. The van der Waals surface area contributed by atoms with Crippen molar-refractivity contribution in [2.75, 3.05) is 25.0 Å². The van der Waals surface area contributed by atoms with Crippen LogP contribution in [0.2, 0.25) is 0 Å². The number of anilines is 1. The van der Waals surface area contributed by atoms with Crippen molar-refractivity contribution in [1.29, 1.82) is 0 Å². The summed E-state index contributed by atoms with van der Waals surface area (Å²) in [5.41, 5.74) is 0.843. The maximum absolute atomic E-state index is 12.0. The molecule has 1 amide bonds. The Morgan fingerprint density at radius 3 is 3.00 bits per heavy atom. The van der Waals surface area contributed by atoms with Crippen molar-refractivity contribution in [3.8, 4) is 5.75 Å². The van der Waals surface area contributed by atoms with Crippen LogP contribution in [-0.4, -0.2) is 36.8 Å². The largest absolute Gasteiger partial charge is 0.477 e. The first-order valence-electron chi connectivity index (χ1n) is 6.61. The van der Waals surface area contributed by atoms with Crippen LogP contribution in [0.25, 0.3) is 0 Å². The molecule has 0 aromatic heterocycles. The second-order valence-corrected chi connectivity index (χ2v) is 5.36. The smallest absolute Gasteiger partial charge is 0.262 e. The second kappa shape index (κ2) is 4.74. The Morgan fingerprint density at radius 2 is 2.26 bits per heavy atom. The number of ether oxygens (including phenoxy) is 1. The Hall–Kier alpha value is -1.75. The number of nitrogens with one attached hydrogen (secondary N) is 2. The van der Waals surface area contributed by atoms with Crippen molar-refractivity contribution in [2.45, 2.75) is 18.9 Å². The van der Waals surface area contributed by atoms with Crippen LogP contribution in [0.5, 0.6) is 5.75 Å². The summed E-state index contributed by atoms with van der Waals surface area (Å²) >= 11 is 0. The fourth-order valence-corrected chi connectivity index (χ4v) is 2.22. The van der Waals surface area contributed by atoms with Gasteiger partial charge in [0.25, 0.3) is 5.91 Å². The molecule has 1 unspecified atom stereocenters. The van der Waals surface area contributed by atoms with Crippen LogP contribution in [0.4, 0.5) is 5.69 Å². The van der Waals surface area contributed by atoms with E-state index in [9.17, 15) is 9.90 Å². The lowest BCUT2D eigenvalue weighted by molar-refractivity contribution is -0.127. The van der Waals surface area contributed by atoms with Gasteiger partial charge >= 0.3 is 0 Å². The van der Waals surface area contributed by atoms with E-state index in [-0.39, 0.29) is 17.9 Å². The Morgan fingerprint density at radius 1 is 1.47 bits per heavy atom. The zero-order valence-corrected chi connectivity index (χ0v) is 10.7. The summed E-state index contributed by atoms with van der Waals surface area (Å²) in [6.07, 6.45) is 1.46. The second-order valence-electron chi connectivity index (χ2n) is 5.36. The molecule has 102 valence electrons. The molecule has 0 spiro atoms. The lowest BCUT2D eigenvalue weighted by Gasteiger charge is -2.27. The summed E-state index contributed by atoms with van der Waals surface area (Å²) in [6, 6.07) is 7.58. The van der Waals surface area contributed by atoms with Gasteiger partial charge in [0.1, 0.15) is 5.75 Å². The lowest BCUT2D eigenvalue weighted by atomic mass is 10.1. The minimum atomic E-state index is -0.510. The fourth-order valence-electron chi connectivity index (χ4n) is 2.22. The quantitative estimate of drug-likeness (QED) is 0.749. The van der Waals surface area contributed by atoms with Gasteiger partial charge in [-0.05, 0) is 25.0 Å². The molecule has 0 radical (unpaired) electrons. The minimum absolute atomic E-state index is 0.0737. The predicted octanol–water partition coefficient (Wildman–Crippen LogP) is 0.748. The SMILES string of the molecule is O=C(NCC1(CO)CC1)C1CNc2ccccc2O1. The number of aliphatic hydroxyl groups is 1. The number of aliphatic hydroxyl groups excluding tert-OH is 1. The molecule has 1 fully saturated rings. The zero-order valence-electron chi connectivity index (χ0n) is 10.7. The molecule has 1 aliphatic heterocycles. The van der Waals surface area contributed by atoms with Crippen LogP contribution in [0.15, 0.2) is 24.3 Å². The predicted molar refractivity (Wildman–Crippen MR) is 71.1 cm³/mol. The summed E-state index contributed by atoms with van der Waals surface area (Å²) in [4.78, 5) is 12.0. The summed E-state index contributed by atoms with van der Waals surface area (Å²) in [5, 5.41) is 15.3. The number of rotatable bonds is 4. The number of amides is 1. The molecule has 3 rings (SSSR count). The molecule has 5 heteroatoms. The average Bonchev–Trinajstić information content (AvgIpc) is 3.25. The van der Waals surface area contributed by atoms with Crippen LogP contribution < -0.4 is 15.4 Å². The Labute approximate surface area is 112 Å². The first-order chi connectivity index (χ1) is 9.22. The van der Waals surface area contributed by atoms with Crippen molar-refractivity contribution < 1.29 is 14.6 Å². The van der Waals surface area contributed by atoms with Gasteiger partial charge in [-0.2, -0.15) is 0 Å². The molecular weight excluding hydrogens is 244 g/mol. The van der Waals surface area contributed by atoms with E-state index in [1.165, 1.54) is 0 Å². The molecule has 1 atom stereocenters. The van der Waals surface area contributed by atoms with Gasteiger partial charge in [0.05, 0.1) is 18.8 Å². The molecule has 0 saturated heterocycles. The van der Waals surface area contributed by atoms with Gasteiger partial charge in [0.15, 0.2) is 6.10 Å². The van der Waals surface area contributed by atoms with E-state index >= 15 is 0 Å². The van der Waals surface area contributed by atoms with Crippen LogP contribution >= 0.6 is 0 Å². The van der Waals surface area contributed by atoms with Crippen molar-refractivity contribution in [2.24, 2.45) is 5.41 Å². The number of fused-ring (bicyclic) bond motifs is 1. The lowest BCUT2D eigenvalue weighted by Crippen LogP contribution is -2.46. The average molecular weight is 262 g/mol. The van der Waals surface area contributed by atoms with E-state index in [2.05, 4.69) is 10.6 Å². The highest BCUT2D eigenvalue weighted by molar-refractivity contribution is 5.83. The maximum atomic E-state index is 12.0. The number of hydrogen-bond donors (Lipinski definition) is 3. The Bertz CT molecular complexity index is 485. The standard InChI is InChI=1S/C14H18N2O3/c17-9-14(5-6-14)8-16-13(18)12-7-15-10-3-1-2-4-11(10)19-12/h1-4,12,15,17H,5-9H2,(H,16,18). The summed E-state index contributed by atoms with van der Waals surface area (Å²) in [6.45, 7) is 1.14. The molecule has 5 nitrogen and oxygen atoms in total. The van der Waals surface area contributed by atoms with Gasteiger partial charge in [-0.1, -0.05) is 12.1 Å². The molecule has 0 bridgehead atoms. The van der Waals surface area contributed by atoms with E-state index in [4.69, 9.17) is 4.74 Å². The van der Waals surface area contributed by atoms with E-state index in [0.29, 0.717) is 18.8 Å². The summed E-state index contributed by atoms with van der Waals surface area (Å²) < 4.78 is 5.68. The third-order valence-corrected chi connectivity index (χ3v) is 3.86. The summed E-state index contributed by atoms with van der Waals surface area (Å²) in [5.74, 6) is 0.582. The molecule has 1 saturated carbocycles. The number of para-hydroxylation sites is 2. The van der Waals surface area contributed by atoms with Gasteiger partial charge in [-0.15, -0.1) is 0 Å². The number of hydrogen-bond acceptors (Lipinski definition) is 4. The first kappa shape index (κ1) is 12.3. The van der Waals surface area contributed by atoms with Gasteiger partial charge < -0.3 is 20.5 Å². The molecule has 1 aromatic carbocycles. The maximum Gasteiger partial charge on any atom is 0.262 e. The zero-order chi connectivity index (χ0) is 13.3. The van der Waals surface area contributed by atoms with Crippen molar-refractivity contribution in [1.82, 2.24) is 5.32 Å². The molecule has 2 aliphatic rings. The van der Waals surface area contributed by atoms with Crippen molar-refractivity contribution >= 4 is 11.6 Å². The molecule has 1 aromatic rings. The highest BCUT2D eigenvalue weighted by Crippen LogP contribution is 2.44. The Balaban J connectivity index is 1.57. The van der Waals surface area contributed by atoms with Crippen LogP contribution in [0, 0.1) is 5.41 Å². The monoisotopic (exact) mass is 262 g/mol. The fraction of sp³-hybridized carbons (Fsp3) is 0.500. The van der Waals surface area contributed by atoms with E-state index < -0.39 is 6.10 Å². The van der Waals surface area contributed by atoms with Crippen LogP contribution in [0.1, 0.15) is 12.8 Å². The third-order valence-electron chi connectivity index (χ3n) is 3.86. The molecular formula is C14H18N2O3. The topological polar surface area (TPSA) is 70.6 Å². The molecule has 3 N–H and O–H groups in total. The van der Waals surface area contributed by atoms with Gasteiger partial charge in [0.2, 0.25) is 0 Å².